The third-order valence-corrected chi connectivity index (χ3v) is 7.82. The number of aromatic hydroxyl groups is 1. The van der Waals surface area contributed by atoms with Gasteiger partial charge in [-0.2, -0.15) is 9.59 Å². The number of para-hydroxylation sites is 2. The number of ketones is 2. The van der Waals surface area contributed by atoms with Crippen LogP contribution >= 0.6 is 15.9 Å². The predicted molar refractivity (Wildman–Crippen MR) is 186 cm³/mol. The van der Waals surface area contributed by atoms with Crippen molar-refractivity contribution in [2.75, 3.05) is 7.11 Å². The van der Waals surface area contributed by atoms with E-state index in [0.29, 0.717) is 43.4 Å². The highest BCUT2D eigenvalue weighted by Crippen LogP contribution is 2.29. The molecule has 0 saturated carbocycles. The van der Waals surface area contributed by atoms with Crippen LogP contribution in [0, 0.1) is 0 Å². The molecule has 0 aromatic heterocycles. The van der Waals surface area contributed by atoms with Crippen molar-refractivity contribution in [2.24, 2.45) is 0 Å². The summed E-state index contributed by atoms with van der Waals surface area (Å²) in [6.07, 6.45) is 13.2. The largest absolute Gasteiger partial charge is 0.506 e. The van der Waals surface area contributed by atoms with Gasteiger partial charge in [-0.05, 0) is 101 Å². The lowest BCUT2D eigenvalue weighted by atomic mass is 10.1. The number of hydrogen-bond acceptors (Lipinski definition) is 9. The topological polar surface area (TPSA) is 144 Å². The van der Waals surface area contributed by atoms with Gasteiger partial charge in [0.05, 0.1) is 24.1 Å². The molecule has 2 aliphatic rings. The molecule has 0 fully saturated rings. The Kier molecular flexibility index (Phi) is 20.7. The molecule has 258 valence electrons. The van der Waals surface area contributed by atoms with Crippen LogP contribution in [0.4, 0.5) is 0 Å². The number of allylic oxidation sites excluding steroid dienone is 4. The third kappa shape index (κ3) is 15.5. The second-order valence-corrected chi connectivity index (χ2v) is 11.7. The summed E-state index contributed by atoms with van der Waals surface area (Å²) in [4.78, 5) is 50.2. The van der Waals surface area contributed by atoms with Gasteiger partial charge in [-0.3, -0.25) is 14.4 Å². The zero-order chi connectivity index (χ0) is 35.9. The van der Waals surface area contributed by atoms with Crippen molar-refractivity contribution in [2.45, 2.75) is 83.3 Å². The van der Waals surface area contributed by atoms with E-state index in [-0.39, 0.29) is 36.2 Å². The van der Waals surface area contributed by atoms with Crippen molar-refractivity contribution in [3.8, 4) is 11.5 Å². The van der Waals surface area contributed by atoms with Gasteiger partial charge in [0.25, 0.3) is 0 Å². The maximum Gasteiger partial charge on any atom is 0.373 e. The summed E-state index contributed by atoms with van der Waals surface area (Å²) in [6.45, 7) is 9.32. The molecular weight excluding hydrogens is 680 g/mol. The number of carbonyl (C=O) groups is 3. The van der Waals surface area contributed by atoms with E-state index in [1.54, 1.807) is 18.2 Å². The summed E-state index contributed by atoms with van der Waals surface area (Å²) in [5.41, 5.74) is 3.54. The fourth-order valence-corrected chi connectivity index (χ4v) is 5.20. The van der Waals surface area contributed by atoms with Crippen LogP contribution < -0.4 is 4.74 Å². The Morgan fingerprint density at radius 3 is 2.10 bits per heavy atom. The lowest BCUT2D eigenvalue weighted by Gasteiger charge is -2.15. The van der Waals surface area contributed by atoms with E-state index in [1.165, 1.54) is 7.11 Å². The molecule has 0 heterocycles. The molecule has 0 bridgehead atoms. The van der Waals surface area contributed by atoms with E-state index in [9.17, 15) is 19.5 Å². The maximum atomic E-state index is 11.9. The van der Waals surface area contributed by atoms with Crippen LogP contribution in [0.1, 0.15) is 69.4 Å². The van der Waals surface area contributed by atoms with Crippen LogP contribution in [0.5, 0.6) is 11.5 Å². The van der Waals surface area contributed by atoms with Crippen molar-refractivity contribution >= 4 is 39.6 Å². The molecule has 0 spiro atoms. The molecule has 10 heteroatoms. The average molecular weight is 726 g/mol. The van der Waals surface area contributed by atoms with E-state index in [4.69, 9.17) is 19.4 Å². The molecule has 4 rings (SSSR count). The number of unbranched alkanes of at least 4 members (excludes halogenated alkanes) is 1. The molecule has 2 aromatic rings. The lowest BCUT2D eigenvalue weighted by molar-refractivity contribution is -0.191. The number of hydrogen-bond donors (Lipinski definition) is 2. The van der Waals surface area contributed by atoms with Gasteiger partial charge in [0.15, 0.2) is 11.6 Å². The van der Waals surface area contributed by atoms with E-state index in [0.717, 1.165) is 52.6 Å². The first-order valence-corrected chi connectivity index (χ1v) is 16.5. The fourth-order valence-electron chi connectivity index (χ4n) is 4.79. The van der Waals surface area contributed by atoms with Gasteiger partial charge in [-0.15, -0.1) is 13.2 Å². The number of halogens is 1. The Balaban J connectivity index is 0.000000384. The lowest BCUT2D eigenvalue weighted by Crippen LogP contribution is -2.13. The molecule has 2 aromatic carbocycles. The van der Waals surface area contributed by atoms with Crippen LogP contribution in [-0.2, 0) is 41.6 Å². The average Bonchev–Trinajstić information content (AvgIpc) is 3.58. The first kappa shape index (κ1) is 41.7. The first-order chi connectivity index (χ1) is 23.0. The Morgan fingerprint density at radius 1 is 0.938 bits per heavy atom. The summed E-state index contributed by atoms with van der Waals surface area (Å²) in [6, 6.07) is 13.5. The fraction of sp³-hybridized carbons (Fsp3) is 0.368. The smallest absolute Gasteiger partial charge is 0.373 e. The number of methoxy groups -OCH3 is 1. The van der Waals surface area contributed by atoms with Gasteiger partial charge < -0.3 is 19.7 Å². The molecule has 0 amide bonds. The van der Waals surface area contributed by atoms with E-state index in [1.807, 2.05) is 48.5 Å². The second kappa shape index (κ2) is 23.9. The second-order valence-electron chi connectivity index (χ2n) is 10.8. The number of esters is 1. The minimum atomic E-state index is -0.553. The SMILES string of the molecule is C=CCC1=C[C@@H](Oc2ccccc2CCCC(=O)OC)CC1=O.C=CCC1=C[C@H](O)CC1=O.CCCCc1cccc(Br)c1O.O=C=O. The Morgan fingerprint density at radius 2 is 1.52 bits per heavy atom. The van der Waals surface area contributed by atoms with Crippen molar-refractivity contribution in [1.29, 1.82) is 0 Å². The molecule has 0 unspecified atom stereocenters. The number of carbonyl (C=O) groups excluding carboxylic acids is 5. The van der Waals surface area contributed by atoms with Crippen LogP contribution in [0.25, 0.3) is 0 Å². The Labute approximate surface area is 291 Å². The van der Waals surface area contributed by atoms with Crippen LogP contribution in [0.3, 0.4) is 0 Å². The summed E-state index contributed by atoms with van der Waals surface area (Å²) in [5.74, 6) is 1.13. The zero-order valence-corrected chi connectivity index (χ0v) is 29.2. The molecule has 48 heavy (non-hydrogen) atoms. The molecule has 0 radical (unpaired) electrons. The molecule has 0 aliphatic heterocycles. The van der Waals surface area contributed by atoms with E-state index < -0.39 is 6.10 Å². The van der Waals surface area contributed by atoms with E-state index in [2.05, 4.69) is 40.7 Å². The summed E-state index contributed by atoms with van der Waals surface area (Å²) in [5, 5.41) is 18.5. The maximum absolute atomic E-state index is 11.9. The Bertz CT molecular complexity index is 1470. The molecule has 2 N–H and O–H groups in total. The molecule has 2 aliphatic carbocycles. The number of ether oxygens (including phenoxy) is 2. The molecule has 2 atom stereocenters. The first-order valence-electron chi connectivity index (χ1n) is 15.7. The molecule has 9 nitrogen and oxygen atoms in total. The predicted octanol–water partition coefficient (Wildman–Crippen LogP) is 7.14. The van der Waals surface area contributed by atoms with Crippen molar-refractivity contribution in [3.05, 3.63) is 107 Å². The third-order valence-electron chi connectivity index (χ3n) is 7.18. The number of aryl methyl sites for hydroxylation is 2. The monoisotopic (exact) mass is 724 g/mol. The highest BCUT2D eigenvalue weighted by molar-refractivity contribution is 9.10. The van der Waals surface area contributed by atoms with E-state index >= 15 is 0 Å². The van der Waals surface area contributed by atoms with Crippen LogP contribution in [-0.4, -0.2) is 53.2 Å². The van der Waals surface area contributed by atoms with Gasteiger partial charge in [-0.25, -0.2) is 0 Å². The molecular formula is C38H45BrO9. The van der Waals surface area contributed by atoms with Crippen molar-refractivity contribution < 1.29 is 43.7 Å². The number of phenols is 1. The van der Waals surface area contributed by atoms with Crippen LogP contribution in [0.2, 0.25) is 0 Å². The molecule has 0 saturated heterocycles. The standard InChI is InChI=1S/C19H22O4.C10H13BrO.C8H10O2.CO2/c1-3-7-15-12-16(13-17(15)20)23-18-10-5-4-8-14(18)9-6-11-19(21)22-2;1-2-3-5-8-6-4-7-9(11)10(8)12;1-2-3-6-4-7(9)5-8(6)10;2-1-3/h3-5,8,10,12,16H,1,6-7,9,11,13H2,2H3;4,6-7,12H,2-3,5H2,1H3;2,4,7,9H,1,3,5H2;/t16-;;7-;/m1.0./s1. The summed E-state index contributed by atoms with van der Waals surface area (Å²) in [7, 11) is 1.39. The van der Waals surface area contributed by atoms with Gasteiger partial charge in [0, 0.05) is 12.8 Å². The Hall–Kier alpha value is -4.37. The number of phenolic OH excluding ortho intramolecular Hbond substituents is 1. The quantitative estimate of drug-likeness (QED) is 0.163. The summed E-state index contributed by atoms with van der Waals surface area (Å²) < 4.78 is 11.4. The number of Topliss-reactive ketones (excluding diaryl/α,β-unsaturated/α-hetero) is 2. The van der Waals surface area contributed by atoms with Gasteiger partial charge >= 0.3 is 12.1 Å². The van der Waals surface area contributed by atoms with Gasteiger partial charge in [0.2, 0.25) is 0 Å². The number of aliphatic hydroxyl groups is 1. The van der Waals surface area contributed by atoms with Crippen molar-refractivity contribution in [3.63, 3.8) is 0 Å². The highest BCUT2D eigenvalue weighted by Gasteiger charge is 2.25. The van der Waals surface area contributed by atoms with Gasteiger partial charge in [-0.1, -0.05) is 55.8 Å². The number of benzene rings is 2. The van der Waals surface area contributed by atoms with Crippen molar-refractivity contribution in [1.82, 2.24) is 0 Å². The van der Waals surface area contributed by atoms with Crippen LogP contribution in [0.15, 0.2) is 95.5 Å². The number of aliphatic hydroxyl groups excluding tert-OH is 1. The minimum absolute atomic E-state index is 0.0485. The number of rotatable bonds is 13. The summed E-state index contributed by atoms with van der Waals surface area (Å²) >= 11 is 3.29. The van der Waals surface area contributed by atoms with Gasteiger partial charge in [0.1, 0.15) is 17.6 Å². The highest BCUT2D eigenvalue weighted by atomic mass is 79.9. The minimum Gasteiger partial charge on any atom is -0.506 e. The normalized spacial score (nSPS) is 15.9. The zero-order valence-electron chi connectivity index (χ0n) is 27.6.